The SMILES string of the molecule is C=S1(=O)C[C@@](C)(c2sc(-c3nnc(-c4ccc(OCCC)cc4)o3)cc2Cl)N=C(N)N1C. The second-order valence-electron chi connectivity index (χ2n) is 7.73. The van der Waals surface area contributed by atoms with Crippen LogP contribution >= 0.6 is 22.9 Å². The maximum Gasteiger partial charge on any atom is 0.258 e. The molecular weight excluding hydrogens is 470 g/mol. The number of benzene rings is 1. The molecule has 4 rings (SSSR count). The van der Waals surface area contributed by atoms with Crippen molar-refractivity contribution in [3.8, 4) is 28.0 Å². The van der Waals surface area contributed by atoms with E-state index in [4.69, 9.17) is 26.5 Å². The predicted octanol–water partition coefficient (Wildman–Crippen LogP) is 4.01. The van der Waals surface area contributed by atoms with Crippen LogP contribution in [0.15, 0.2) is 39.7 Å². The number of guanidine groups is 1. The molecule has 170 valence electrons. The van der Waals surface area contributed by atoms with Gasteiger partial charge in [0, 0.05) is 12.6 Å². The summed E-state index contributed by atoms with van der Waals surface area (Å²) in [6, 6.07) is 9.23. The van der Waals surface area contributed by atoms with E-state index in [1.165, 1.54) is 15.6 Å². The average Bonchev–Trinajstić information content (AvgIpc) is 3.38. The summed E-state index contributed by atoms with van der Waals surface area (Å²) in [6.07, 6.45) is 0.944. The molecule has 2 atom stereocenters. The molecular formula is C21H24ClN5O3S2. The lowest BCUT2D eigenvalue weighted by Gasteiger charge is -2.36. The summed E-state index contributed by atoms with van der Waals surface area (Å²) in [5.41, 5.74) is 5.92. The Hall–Kier alpha value is -2.56. The van der Waals surface area contributed by atoms with Crippen LogP contribution in [0.25, 0.3) is 22.2 Å². The van der Waals surface area contributed by atoms with Gasteiger partial charge < -0.3 is 14.9 Å². The molecule has 0 fully saturated rings. The van der Waals surface area contributed by atoms with Crippen LogP contribution in [0.5, 0.6) is 5.75 Å². The summed E-state index contributed by atoms with van der Waals surface area (Å²) in [5, 5.41) is 8.82. The number of aliphatic imine (C=N–C) groups is 1. The van der Waals surface area contributed by atoms with E-state index in [1.54, 1.807) is 13.1 Å². The third-order valence-electron chi connectivity index (χ3n) is 5.08. The highest BCUT2D eigenvalue weighted by Gasteiger charge is 2.40. The molecule has 1 unspecified atom stereocenters. The zero-order valence-corrected chi connectivity index (χ0v) is 20.4. The minimum atomic E-state index is -2.62. The lowest BCUT2D eigenvalue weighted by Crippen LogP contribution is -2.50. The first-order chi connectivity index (χ1) is 15.1. The minimum Gasteiger partial charge on any atom is -0.494 e. The van der Waals surface area contributed by atoms with Gasteiger partial charge in [-0.2, -0.15) is 0 Å². The van der Waals surface area contributed by atoms with Crippen LogP contribution in [0.4, 0.5) is 0 Å². The van der Waals surface area contributed by atoms with Crippen molar-refractivity contribution in [1.82, 2.24) is 14.5 Å². The maximum absolute atomic E-state index is 12.9. The molecule has 0 amide bonds. The Balaban J connectivity index is 1.62. The molecule has 11 heteroatoms. The number of aromatic nitrogens is 2. The molecule has 0 saturated heterocycles. The Morgan fingerprint density at radius 3 is 2.69 bits per heavy atom. The Kier molecular flexibility index (Phi) is 5.95. The lowest BCUT2D eigenvalue weighted by molar-refractivity contribution is 0.317. The Morgan fingerprint density at radius 2 is 2.03 bits per heavy atom. The van der Waals surface area contributed by atoms with Crippen LogP contribution in [0.1, 0.15) is 25.1 Å². The fourth-order valence-electron chi connectivity index (χ4n) is 3.37. The number of nitrogens with zero attached hydrogens (tertiary/aromatic N) is 4. The molecule has 0 bridgehead atoms. The first kappa shape index (κ1) is 22.6. The van der Waals surface area contributed by atoms with Crippen molar-refractivity contribution in [3.63, 3.8) is 0 Å². The smallest absolute Gasteiger partial charge is 0.258 e. The second-order valence-corrected chi connectivity index (χ2v) is 11.6. The molecule has 0 saturated carbocycles. The average molecular weight is 494 g/mol. The summed E-state index contributed by atoms with van der Waals surface area (Å²) < 4.78 is 25.9. The molecule has 32 heavy (non-hydrogen) atoms. The van der Waals surface area contributed by atoms with Gasteiger partial charge in [0.2, 0.25) is 11.9 Å². The largest absolute Gasteiger partial charge is 0.494 e. The van der Waals surface area contributed by atoms with Crippen LogP contribution in [0.3, 0.4) is 0 Å². The van der Waals surface area contributed by atoms with Gasteiger partial charge in [-0.05, 0) is 49.5 Å². The molecule has 2 aromatic heterocycles. The third-order valence-corrected chi connectivity index (χ3v) is 9.06. The molecule has 1 aliphatic rings. The van der Waals surface area contributed by atoms with Gasteiger partial charge in [-0.1, -0.05) is 18.5 Å². The standard InChI is InChI=1S/C21H24ClN5O3S2/c1-5-10-29-14-8-6-13(7-9-14)18-25-26-19(30-18)16-11-15(22)17(31-16)21(2)12-32(4,28)27(3)20(23)24-21/h6-9,11H,4-5,10,12H2,1-3H3,(H2,23,24)/t21-,32?/m0/s1. The van der Waals surface area contributed by atoms with Crippen LogP contribution < -0.4 is 10.5 Å². The Bertz CT molecular complexity index is 1270. The number of hydrogen-bond acceptors (Lipinski definition) is 8. The van der Waals surface area contributed by atoms with E-state index in [0.29, 0.717) is 28.3 Å². The van der Waals surface area contributed by atoms with Gasteiger partial charge in [0.1, 0.15) is 11.3 Å². The maximum atomic E-state index is 12.9. The van der Waals surface area contributed by atoms with Crippen LogP contribution in [-0.4, -0.2) is 49.9 Å². The highest BCUT2D eigenvalue weighted by molar-refractivity contribution is 7.98. The monoisotopic (exact) mass is 493 g/mol. The highest BCUT2D eigenvalue weighted by Crippen LogP contribution is 2.44. The van der Waals surface area contributed by atoms with E-state index in [2.05, 4.69) is 28.0 Å². The molecule has 3 heterocycles. The van der Waals surface area contributed by atoms with E-state index in [1.807, 2.05) is 31.2 Å². The van der Waals surface area contributed by atoms with E-state index in [-0.39, 0.29) is 11.7 Å². The molecule has 3 aromatic rings. The minimum absolute atomic E-state index is 0.163. The van der Waals surface area contributed by atoms with Gasteiger partial charge in [0.05, 0.1) is 36.8 Å². The molecule has 1 aliphatic heterocycles. The molecule has 0 radical (unpaired) electrons. The number of thiophene rings is 1. The quantitative estimate of drug-likeness (QED) is 0.520. The molecule has 0 spiro atoms. The van der Waals surface area contributed by atoms with Gasteiger partial charge in [-0.3, -0.25) is 4.31 Å². The van der Waals surface area contributed by atoms with E-state index in [9.17, 15) is 4.21 Å². The topological polar surface area (TPSA) is 107 Å². The lowest BCUT2D eigenvalue weighted by atomic mass is 10.0. The number of nitrogens with two attached hydrogens (primary N) is 1. The zero-order chi connectivity index (χ0) is 23.1. The van der Waals surface area contributed by atoms with Crippen molar-refractivity contribution in [2.45, 2.75) is 25.8 Å². The molecule has 8 nitrogen and oxygen atoms in total. The van der Waals surface area contributed by atoms with E-state index in [0.717, 1.165) is 22.6 Å². The third kappa shape index (κ3) is 4.22. The fourth-order valence-corrected chi connectivity index (χ4v) is 6.68. The van der Waals surface area contributed by atoms with E-state index < -0.39 is 15.2 Å². The predicted molar refractivity (Wildman–Crippen MR) is 131 cm³/mol. The zero-order valence-electron chi connectivity index (χ0n) is 18.0. The van der Waals surface area contributed by atoms with Crippen LogP contribution in [0, 0.1) is 0 Å². The van der Waals surface area contributed by atoms with Crippen molar-refractivity contribution in [3.05, 3.63) is 40.2 Å². The summed E-state index contributed by atoms with van der Waals surface area (Å²) >= 11 is 7.91. The number of rotatable bonds is 6. The first-order valence-electron chi connectivity index (χ1n) is 9.94. The van der Waals surface area contributed by atoms with Crippen LogP contribution in [-0.2, 0) is 15.2 Å². The summed E-state index contributed by atoms with van der Waals surface area (Å²) in [7, 11) is -0.993. The van der Waals surface area contributed by atoms with Gasteiger partial charge in [0.15, 0.2) is 0 Å². The van der Waals surface area contributed by atoms with Crippen molar-refractivity contribution in [2.24, 2.45) is 10.7 Å². The van der Waals surface area contributed by atoms with Gasteiger partial charge in [-0.25, -0.2) is 9.20 Å². The second kappa shape index (κ2) is 8.42. The van der Waals surface area contributed by atoms with Crippen molar-refractivity contribution in [1.29, 1.82) is 0 Å². The Morgan fingerprint density at radius 1 is 1.34 bits per heavy atom. The first-order valence-corrected chi connectivity index (χ1v) is 13.0. The highest BCUT2D eigenvalue weighted by atomic mass is 35.5. The van der Waals surface area contributed by atoms with Crippen molar-refractivity contribution < 1.29 is 13.4 Å². The summed E-state index contributed by atoms with van der Waals surface area (Å²) in [6.45, 7) is 4.57. The Labute approximate surface area is 196 Å². The van der Waals surface area contributed by atoms with Crippen LogP contribution in [0.2, 0.25) is 5.02 Å². The number of halogens is 1. The van der Waals surface area contributed by atoms with Crippen molar-refractivity contribution in [2.75, 3.05) is 19.4 Å². The van der Waals surface area contributed by atoms with Gasteiger partial charge >= 0.3 is 0 Å². The number of hydrogen-bond donors (Lipinski definition) is 1. The molecule has 0 aliphatic carbocycles. The summed E-state index contributed by atoms with van der Waals surface area (Å²) in [4.78, 5) is 5.97. The van der Waals surface area contributed by atoms with Gasteiger partial charge in [-0.15, -0.1) is 21.5 Å². The summed E-state index contributed by atoms with van der Waals surface area (Å²) in [5.74, 6) is 5.72. The molecule has 1 aromatic carbocycles. The number of ether oxygens (including phenoxy) is 1. The van der Waals surface area contributed by atoms with Crippen molar-refractivity contribution >= 4 is 44.5 Å². The normalized spacial score (nSPS) is 23.2. The molecule has 2 N–H and O–H groups in total. The fraction of sp³-hybridized carbons (Fsp3) is 0.333. The van der Waals surface area contributed by atoms with Gasteiger partial charge in [0.25, 0.3) is 5.89 Å². The van der Waals surface area contributed by atoms with E-state index >= 15 is 0 Å².